The molecule has 5 heteroatoms. The molecule has 1 aromatic heterocycles. The molecule has 0 fully saturated rings. The maximum atomic E-state index is 5.77. The van der Waals surface area contributed by atoms with Gasteiger partial charge in [-0.15, -0.1) is 5.10 Å². The van der Waals surface area contributed by atoms with E-state index in [4.69, 9.17) is 22.7 Å². The summed E-state index contributed by atoms with van der Waals surface area (Å²) >= 11 is 5.09. The predicted molar refractivity (Wildman–Crippen MR) is 72.4 cm³/mol. The number of ether oxygens (including phenoxy) is 1. The third-order valence-electron chi connectivity index (χ3n) is 2.41. The Balaban J connectivity index is 3.36. The van der Waals surface area contributed by atoms with Crippen LogP contribution >= 0.6 is 12.2 Å². The number of nitrogens with two attached hydrogens (primary N) is 1. The number of rotatable bonds is 5. The third-order valence-corrected chi connectivity index (χ3v) is 2.61. The molecule has 0 radical (unpaired) electrons. The minimum atomic E-state index is 0.0228. The molecular weight excluding hydrogens is 234 g/mol. The number of aromatic nitrogens is 2. The van der Waals surface area contributed by atoms with E-state index in [-0.39, 0.29) is 6.10 Å². The second-order valence-electron chi connectivity index (χ2n) is 4.04. The Morgan fingerprint density at radius 2 is 1.94 bits per heavy atom. The first kappa shape index (κ1) is 13.8. The highest BCUT2D eigenvalue weighted by molar-refractivity contribution is 7.80. The van der Waals surface area contributed by atoms with E-state index in [9.17, 15) is 0 Å². The minimum Gasteiger partial charge on any atom is -0.473 e. The van der Waals surface area contributed by atoms with Gasteiger partial charge in [-0.25, -0.2) is 0 Å². The fourth-order valence-corrected chi connectivity index (χ4v) is 1.92. The van der Waals surface area contributed by atoms with E-state index < -0.39 is 0 Å². The maximum Gasteiger partial charge on any atom is 0.244 e. The molecule has 0 spiro atoms. The van der Waals surface area contributed by atoms with Crippen LogP contribution in [0, 0.1) is 0 Å². The highest BCUT2D eigenvalue weighted by Gasteiger charge is 2.18. The van der Waals surface area contributed by atoms with Crippen LogP contribution in [0.2, 0.25) is 0 Å². The molecule has 0 saturated heterocycles. The highest BCUT2D eigenvalue weighted by atomic mass is 32.1. The van der Waals surface area contributed by atoms with E-state index in [1.165, 1.54) is 0 Å². The summed E-state index contributed by atoms with van der Waals surface area (Å²) < 4.78 is 5.61. The zero-order chi connectivity index (χ0) is 13.0. The molecule has 1 rings (SSSR count). The molecule has 1 heterocycles. The molecule has 2 N–H and O–H groups in total. The lowest BCUT2D eigenvalue weighted by Crippen LogP contribution is -2.20. The van der Waals surface area contributed by atoms with Crippen molar-refractivity contribution in [2.75, 3.05) is 0 Å². The van der Waals surface area contributed by atoms with Crippen LogP contribution in [0.3, 0.4) is 0 Å². The Kier molecular flexibility index (Phi) is 4.81. The molecule has 0 aliphatic carbocycles. The van der Waals surface area contributed by atoms with Crippen LogP contribution in [-0.2, 0) is 12.8 Å². The molecule has 0 aliphatic rings. The Hall–Kier alpha value is -1.23. The van der Waals surface area contributed by atoms with E-state index in [0.717, 1.165) is 29.7 Å². The molecule has 4 nitrogen and oxygen atoms in total. The van der Waals surface area contributed by atoms with E-state index in [2.05, 4.69) is 17.1 Å². The van der Waals surface area contributed by atoms with Crippen molar-refractivity contribution in [3.63, 3.8) is 0 Å². The average molecular weight is 253 g/mol. The summed E-state index contributed by atoms with van der Waals surface area (Å²) in [7, 11) is 0. The largest absolute Gasteiger partial charge is 0.473 e. The molecule has 1 aromatic rings. The first-order valence-electron chi connectivity index (χ1n) is 5.86. The second kappa shape index (κ2) is 5.91. The van der Waals surface area contributed by atoms with Gasteiger partial charge in [-0.2, -0.15) is 5.10 Å². The molecule has 0 aliphatic heterocycles. The molecule has 0 bridgehead atoms. The molecule has 94 valence electrons. The van der Waals surface area contributed by atoms with Gasteiger partial charge >= 0.3 is 0 Å². The fourth-order valence-electron chi connectivity index (χ4n) is 1.71. The van der Waals surface area contributed by atoms with Crippen molar-refractivity contribution in [2.45, 2.75) is 46.6 Å². The zero-order valence-corrected chi connectivity index (χ0v) is 11.6. The van der Waals surface area contributed by atoms with Gasteiger partial charge in [-0.05, 0) is 32.3 Å². The van der Waals surface area contributed by atoms with E-state index >= 15 is 0 Å². The van der Waals surface area contributed by atoms with Crippen LogP contribution in [0.5, 0.6) is 5.88 Å². The third kappa shape index (κ3) is 3.12. The van der Waals surface area contributed by atoms with Crippen LogP contribution in [0.1, 0.15) is 44.5 Å². The van der Waals surface area contributed by atoms with Gasteiger partial charge in [0.1, 0.15) is 4.99 Å². The summed E-state index contributed by atoms with van der Waals surface area (Å²) in [5.41, 5.74) is 8.50. The molecule has 0 atom stereocenters. The molecule has 0 amide bonds. The summed E-state index contributed by atoms with van der Waals surface area (Å²) in [6.07, 6.45) is 1.66. The smallest absolute Gasteiger partial charge is 0.244 e. The standard InChI is InChI=1S/C12H19N3OS/c1-5-8-9(6-2)14-15-12(16-7(3)4)10(8)11(13)17/h7H,5-6H2,1-4H3,(H2,13,17). The summed E-state index contributed by atoms with van der Waals surface area (Å²) in [6.45, 7) is 7.96. The fraction of sp³-hybridized carbons (Fsp3) is 0.583. The molecule has 0 aromatic carbocycles. The van der Waals surface area contributed by atoms with Gasteiger partial charge in [-0.3, -0.25) is 0 Å². The van der Waals surface area contributed by atoms with Crippen LogP contribution in [0.4, 0.5) is 0 Å². The first-order chi connectivity index (χ1) is 8.01. The van der Waals surface area contributed by atoms with Crippen molar-refractivity contribution in [3.05, 3.63) is 16.8 Å². The Morgan fingerprint density at radius 3 is 2.35 bits per heavy atom. The Bertz CT molecular complexity index is 418. The highest BCUT2D eigenvalue weighted by Crippen LogP contribution is 2.23. The number of thiocarbonyl (C=S) groups is 1. The Labute approximate surface area is 108 Å². The summed E-state index contributed by atoms with van der Waals surface area (Å²) in [5.74, 6) is 0.446. The summed E-state index contributed by atoms with van der Waals surface area (Å²) in [4.78, 5) is 0.321. The number of hydrogen-bond acceptors (Lipinski definition) is 4. The van der Waals surface area contributed by atoms with Gasteiger partial charge in [0.15, 0.2) is 0 Å². The normalized spacial score (nSPS) is 10.6. The number of aryl methyl sites for hydroxylation is 1. The van der Waals surface area contributed by atoms with Crippen molar-refractivity contribution in [3.8, 4) is 5.88 Å². The lowest BCUT2D eigenvalue weighted by molar-refractivity contribution is 0.229. The van der Waals surface area contributed by atoms with Crippen molar-refractivity contribution in [2.24, 2.45) is 5.73 Å². The lowest BCUT2D eigenvalue weighted by Gasteiger charge is -2.16. The summed E-state index contributed by atoms with van der Waals surface area (Å²) in [5, 5.41) is 8.25. The monoisotopic (exact) mass is 253 g/mol. The molecular formula is C12H19N3OS. The Morgan fingerprint density at radius 1 is 1.29 bits per heavy atom. The van der Waals surface area contributed by atoms with Gasteiger partial charge in [0, 0.05) is 0 Å². The maximum absolute atomic E-state index is 5.77. The van der Waals surface area contributed by atoms with Crippen molar-refractivity contribution in [1.29, 1.82) is 0 Å². The first-order valence-corrected chi connectivity index (χ1v) is 6.26. The molecule has 17 heavy (non-hydrogen) atoms. The van der Waals surface area contributed by atoms with Crippen molar-refractivity contribution in [1.82, 2.24) is 10.2 Å². The van der Waals surface area contributed by atoms with Crippen molar-refractivity contribution >= 4 is 17.2 Å². The van der Waals surface area contributed by atoms with Crippen LogP contribution < -0.4 is 10.5 Å². The van der Waals surface area contributed by atoms with Gasteiger partial charge in [0.05, 0.1) is 17.4 Å². The van der Waals surface area contributed by atoms with Crippen LogP contribution in [0.25, 0.3) is 0 Å². The SMILES string of the molecule is CCc1nnc(OC(C)C)c(C(N)=S)c1CC. The quantitative estimate of drug-likeness (QED) is 0.813. The van der Waals surface area contributed by atoms with Gasteiger partial charge in [0.25, 0.3) is 0 Å². The topological polar surface area (TPSA) is 61.0 Å². The minimum absolute atomic E-state index is 0.0228. The average Bonchev–Trinajstić information content (AvgIpc) is 2.26. The molecule has 0 unspecified atom stereocenters. The van der Waals surface area contributed by atoms with Gasteiger partial charge in [-0.1, -0.05) is 26.1 Å². The van der Waals surface area contributed by atoms with E-state index in [0.29, 0.717) is 10.9 Å². The van der Waals surface area contributed by atoms with E-state index in [1.54, 1.807) is 0 Å². The van der Waals surface area contributed by atoms with Gasteiger partial charge in [0.2, 0.25) is 5.88 Å². The van der Waals surface area contributed by atoms with E-state index in [1.807, 2.05) is 20.8 Å². The predicted octanol–water partition coefficient (Wildman–Crippen LogP) is 2.02. The summed E-state index contributed by atoms with van der Waals surface area (Å²) in [6, 6.07) is 0. The lowest BCUT2D eigenvalue weighted by atomic mass is 10.0. The second-order valence-corrected chi connectivity index (χ2v) is 4.48. The number of nitrogens with zero attached hydrogens (tertiary/aromatic N) is 2. The van der Waals surface area contributed by atoms with Crippen molar-refractivity contribution < 1.29 is 4.74 Å². The number of hydrogen-bond donors (Lipinski definition) is 1. The van der Waals surface area contributed by atoms with Crippen LogP contribution in [0.15, 0.2) is 0 Å². The molecule has 0 saturated carbocycles. The van der Waals surface area contributed by atoms with Crippen LogP contribution in [-0.4, -0.2) is 21.3 Å². The van der Waals surface area contributed by atoms with Gasteiger partial charge < -0.3 is 10.5 Å². The zero-order valence-electron chi connectivity index (χ0n) is 10.8.